The molecule has 1 aliphatic heterocycles. The number of aryl methyl sites for hydroxylation is 2. The van der Waals surface area contributed by atoms with Crippen LogP contribution in [0.15, 0.2) is 29.0 Å². The molecule has 0 spiro atoms. The molecule has 5 heteroatoms. The van der Waals surface area contributed by atoms with Crippen LogP contribution < -0.4 is 0 Å². The average molecular weight is 341 g/mol. The quantitative estimate of drug-likeness (QED) is 0.773. The summed E-state index contributed by atoms with van der Waals surface area (Å²) >= 11 is 0. The highest BCUT2D eigenvalue weighted by Gasteiger charge is 2.36. The first-order valence-electron chi connectivity index (χ1n) is 9.37. The van der Waals surface area contributed by atoms with Gasteiger partial charge in [-0.2, -0.15) is 0 Å². The molecule has 1 aliphatic carbocycles. The maximum atomic E-state index is 6.32. The van der Waals surface area contributed by atoms with Crippen molar-refractivity contribution in [2.24, 2.45) is 5.92 Å². The Morgan fingerprint density at radius 1 is 1.28 bits per heavy atom. The second kappa shape index (κ2) is 7.26. The largest absolute Gasteiger partial charge is 0.376 e. The number of rotatable bonds is 7. The summed E-state index contributed by atoms with van der Waals surface area (Å²) in [5.74, 6) is 1.73. The lowest BCUT2D eigenvalue weighted by molar-refractivity contribution is 0.0195. The van der Waals surface area contributed by atoms with Gasteiger partial charge in [-0.25, -0.2) is 0 Å². The SMILES string of the molecule is Cc1noc(C)c1CN1CC[C@@H](OCC2CC2)[C@H]1Cc1cccnc1. The van der Waals surface area contributed by atoms with Gasteiger partial charge < -0.3 is 9.26 Å². The molecule has 0 aromatic carbocycles. The monoisotopic (exact) mass is 341 g/mol. The van der Waals surface area contributed by atoms with Crippen molar-refractivity contribution in [3.8, 4) is 0 Å². The highest BCUT2D eigenvalue weighted by Crippen LogP contribution is 2.32. The third kappa shape index (κ3) is 3.93. The van der Waals surface area contributed by atoms with E-state index in [1.54, 1.807) is 0 Å². The van der Waals surface area contributed by atoms with E-state index in [1.807, 2.05) is 32.3 Å². The Morgan fingerprint density at radius 3 is 2.84 bits per heavy atom. The number of pyridine rings is 1. The van der Waals surface area contributed by atoms with Crippen molar-refractivity contribution in [1.29, 1.82) is 0 Å². The first-order valence-corrected chi connectivity index (χ1v) is 9.37. The highest BCUT2D eigenvalue weighted by molar-refractivity contribution is 5.21. The summed E-state index contributed by atoms with van der Waals surface area (Å²) in [6.45, 7) is 6.90. The molecule has 1 saturated carbocycles. The lowest BCUT2D eigenvalue weighted by atomic mass is 10.0. The van der Waals surface area contributed by atoms with Crippen LogP contribution in [0.1, 0.15) is 41.8 Å². The fraction of sp³-hybridized carbons (Fsp3) is 0.600. The summed E-state index contributed by atoms with van der Waals surface area (Å²) < 4.78 is 11.7. The molecule has 0 unspecified atom stereocenters. The summed E-state index contributed by atoms with van der Waals surface area (Å²) in [4.78, 5) is 6.82. The zero-order valence-electron chi connectivity index (χ0n) is 15.1. The van der Waals surface area contributed by atoms with Gasteiger partial charge in [0.25, 0.3) is 0 Å². The standard InChI is InChI=1S/C20H27N3O2/c1-14-18(15(2)25-22-14)12-23-9-7-20(24-13-16-5-6-16)19(23)10-17-4-3-8-21-11-17/h3-4,8,11,16,19-20H,5-7,9-10,12-13H2,1-2H3/t19-,20-/m1/s1. The van der Waals surface area contributed by atoms with Gasteiger partial charge in [0.05, 0.1) is 11.8 Å². The Labute approximate surface area is 149 Å². The summed E-state index contributed by atoms with van der Waals surface area (Å²) in [7, 11) is 0. The molecule has 2 aromatic heterocycles. The van der Waals surface area contributed by atoms with Gasteiger partial charge in [-0.05, 0) is 57.1 Å². The number of ether oxygens (including phenoxy) is 1. The van der Waals surface area contributed by atoms with E-state index < -0.39 is 0 Å². The Bertz CT molecular complexity index is 677. The smallest absolute Gasteiger partial charge is 0.138 e. The van der Waals surface area contributed by atoms with Gasteiger partial charge in [0.2, 0.25) is 0 Å². The van der Waals surface area contributed by atoms with Crippen LogP contribution in [0, 0.1) is 19.8 Å². The lowest BCUT2D eigenvalue weighted by Gasteiger charge is -2.28. The minimum absolute atomic E-state index is 0.307. The molecule has 1 saturated heterocycles. The normalized spacial score (nSPS) is 24.1. The van der Waals surface area contributed by atoms with Crippen LogP contribution in [0.2, 0.25) is 0 Å². The average Bonchev–Trinajstić information content (AvgIpc) is 3.31. The van der Waals surface area contributed by atoms with Crippen LogP contribution in [-0.2, 0) is 17.7 Å². The summed E-state index contributed by atoms with van der Waals surface area (Å²) in [6, 6.07) is 4.57. The molecule has 0 bridgehead atoms. The van der Waals surface area contributed by atoms with Crippen molar-refractivity contribution in [2.45, 2.75) is 58.2 Å². The van der Waals surface area contributed by atoms with E-state index in [0.29, 0.717) is 12.1 Å². The molecule has 25 heavy (non-hydrogen) atoms. The highest BCUT2D eigenvalue weighted by atomic mass is 16.5. The first-order chi connectivity index (χ1) is 12.2. The number of hydrogen-bond donors (Lipinski definition) is 0. The van der Waals surface area contributed by atoms with Crippen molar-refractivity contribution < 1.29 is 9.26 Å². The Kier molecular flexibility index (Phi) is 4.86. The fourth-order valence-electron chi connectivity index (χ4n) is 3.77. The molecular weight excluding hydrogens is 314 g/mol. The molecule has 0 amide bonds. The number of hydrogen-bond acceptors (Lipinski definition) is 5. The van der Waals surface area contributed by atoms with Crippen LogP contribution in [0.5, 0.6) is 0 Å². The zero-order chi connectivity index (χ0) is 17.2. The third-order valence-corrected chi connectivity index (χ3v) is 5.55. The summed E-state index contributed by atoms with van der Waals surface area (Å²) in [5.41, 5.74) is 3.50. The van der Waals surface area contributed by atoms with Crippen molar-refractivity contribution in [1.82, 2.24) is 15.0 Å². The molecule has 2 atom stereocenters. The molecule has 2 fully saturated rings. The van der Waals surface area contributed by atoms with E-state index in [4.69, 9.17) is 9.26 Å². The maximum Gasteiger partial charge on any atom is 0.138 e. The zero-order valence-corrected chi connectivity index (χ0v) is 15.1. The van der Waals surface area contributed by atoms with Crippen molar-refractivity contribution >= 4 is 0 Å². The molecule has 4 rings (SSSR count). The third-order valence-electron chi connectivity index (χ3n) is 5.55. The molecule has 2 aromatic rings. The van der Waals surface area contributed by atoms with Crippen molar-refractivity contribution in [2.75, 3.05) is 13.2 Å². The lowest BCUT2D eigenvalue weighted by Crippen LogP contribution is -2.38. The molecular formula is C20H27N3O2. The Morgan fingerprint density at radius 2 is 2.16 bits per heavy atom. The summed E-state index contributed by atoms with van der Waals surface area (Å²) in [6.07, 6.45) is 8.87. The molecule has 3 heterocycles. The van der Waals surface area contributed by atoms with Crippen LogP contribution >= 0.6 is 0 Å². The Balaban J connectivity index is 1.49. The van der Waals surface area contributed by atoms with Gasteiger partial charge in [-0.15, -0.1) is 0 Å². The van der Waals surface area contributed by atoms with E-state index in [2.05, 4.69) is 21.1 Å². The first kappa shape index (κ1) is 16.7. The Hall–Kier alpha value is -1.72. The van der Waals surface area contributed by atoms with Gasteiger partial charge in [-0.3, -0.25) is 9.88 Å². The van der Waals surface area contributed by atoms with Crippen LogP contribution in [0.4, 0.5) is 0 Å². The van der Waals surface area contributed by atoms with Crippen molar-refractivity contribution in [3.05, 3.63) is 47.1 Å². The van der Waals surface area contributed by atoms with Gasteiger partial charge in [0.1, 0.15) is 5.76 Å². The fourth-order valence-corrected chi connectivity index (χ4v) is 3.77. The van der Waals surface area contributed by atoms with Gasteiger partial charge in [0.15, 0.2) is 0 Å². The van der Waals surface area contributed by atoms with Gasteiger partial charge in [0, 0.05) is 43.7 Å². The summed E-state index contributed by atoms with van der Waals surface area (Å²) in [5, 5.41) is 4.11. The van der Waals surface area contributed by atoms with Crippen LogP contribution in [-0.4, -0.2) is 40.3 Å². The molecule has 2 aliphatic rings. The maximum absolute atomic E-state index is 6.32. The number of nitrogens with zero attached hydrogens (tertiary/aromatic N) is 3. The minimum atomic E-state index is 0.307. The van der Waals surface area contributed by atoms with Gasteiger partial charge >= 0.3 is 0 Å². The predicted octanol–water partition coefficient (Wildman–Crippen LogP) is 3.30. The van der Waals surface area contributed by atoms with E-state index in [0.717, 1.165) is 49.9 Å². The van der Waals surface area contributed by atoms with E-state index in [-0.39, 0.29) is 0 Å². The molecule has 0 radical (unpaired) electrons. The van der Waals surface area contributed by atoms with E-state index in [9.17, 15) is 0 Å². The molecule has 5 nitrogen and oxygen atoms in total. The number of aromatic nitrogens is 2. The van der Waals surface area contributed by atoms with Crippen LogP contribution in [0.3, 0.4) is 0 Å². The predicted molar refractivity (Wildman–Crippen MR) is 95.2 cm³/mol. The van der Waals surface area contributed by atoms with Gasteiger partial charge in [-0.1, -0.05) is 11.2 Å². The van der Waals surface area contributed by atoms with E-state index in [1.165, 1.54) is 24.0 Å². The minimum Gasteiger partial charge on any atom is -0.376 e. The topological polar surface area (TPSA) is 51.4 Å². The second-order valence-corrected chi connectivity index (χ2v) is 7.51. The van der Waals surface area contributed by atoms with E-state index >= 15 is 0 Å². The number of likely N-dealkylation sites (tertiary alicyclic amines) is 1. The molecule has 0 N–H and O–H groups in total. The second-order valence-electron chi connectivity index (χ2n) is 7.51. The van der Waals surface area contributed by atoms with Crippen molar-refractivity contribution in [3.63, 3.8) is 0 Å². The van der Waals surface area contributed by atoms with Crippen LogP contribution in [0.25, 0.3) is 0 Å². The molecule has 134 valence electrons.